The van der Waals surface area contributed by atoms with Crippen molar-refractivity contribution in [2.45, 2.75) is 32.9 Å². The highest BCUT2D eigenvalue weighted by molar-refractivity contribution is 6.33. The Morgan fingerprint density at radius 2 is 2.06 bits per heavy atom. The van der Waals surface area contributed by atoms with Gasteiger partial charge in [-0.3, -0.25) is 5.32 Å². The summed E-state index contributed by atoms with van der Waals surface area (Å²) in [6, 6.07) is 5.47. The van der Waals surface area contributed by atoms with Crippen molar-refractivity contribution in [2.24, 2.45) is 0 Å². The van der Waals surface area contributed by atoms with Crippen LogP contribution < -0.4 is 10.6 Å². The largest absolute Gasteiger partial charge is 0.444 e. The van der Waals surface area contributed by atoms with E-state index in [0.29, 0.717) is 17.3 Å². The van der Waals surface area contributed by atoms with E-state index in [2.05, 4.69) is 10.6 Å². The second-order valence-corrected chi connectivity index (χ2v) is 5.38. The average molecular weight is 271 g/mol. The van der Waals surface area contributed by atoms with Crippen LogP contribution in [0.25, 0.3) is 0 Å². The molecule has 0 saturated carbocycles. The van der Waals surface area contributed by atoms with Crippen molar-refractivity contribution in [3.63, 3.8) is 0 Å². The molecule has 0 radical (unpaired) electrons. The van der Waals surface area contributed by atoms with E-state index in [4.69, 9.17) is 16.3 Å². The first-order chi connectivity index (χ1) is 8.31. The Morgan fingerprint density at radius 1 is 1.39 bits per heavy atom. The first kappa shape index (κ1) is 14.8. The predicted octanol–water partition coefficient (Wildman–Crippen LogP) is 3.41. The first-order valence-corrected chi connectivity index (χ1v) is 6.12. The number of ether oxygens (including phenoxy) is 1. The number of hydrogen-bond acceptors (Lipinski definition) is 3. The van der Waals surface area contributed by atoms with Crippen molar-refractivity contribution >= 4 is 23.4 Å². The number of rotatable bonds is 3. The fourth-order valence-electron chi connectivity index (χ4n) is 1.40. The summed E-state index contributed by atoms with van der Waals surface area (Å²) in [6.07, 6.45) is -0.508. The fourth-order valence-corrected chi connectivity index (χ4v) is 1.56. The highest BCUT2D eigenvalue weighted by Crippen LogP contribution is 2.23. The van der Waals surface area contributed by atoms with Gasteiger partial charge < -0.3 is 10.1 Å². The van der Waals surface area contributed by atoms with Gasteiger partial charge in [-0.15, -0.1) is 0 Å². The van der Waals surface area contributed by atoms with Crippen LogP contribution >= 0.6 is 11.6 Å². The summed E-state index contributed by atoms with van der Waals surface area (Å²) in [7, 11) is 1.86. The van der Waals surface area contributed by atoms with Gasteiger partial charge in [0.15, 0.2) is 0 Å². The number of halogens is 1. The minimum Gasteiger partial charge on any atom is -0.444 e. The van der Waals surface area contributed by atoms with E-state index < -0.39 is 11.7 Å². The van der Waals surface area contributed by atoms with E-state index in [1.54, 1.807) is 6.07 Å². The molecule has 1 aromatic rings. The minimum atomic E-state index is -0.529. The molecule has 0 bridgehead atoms. The standard InChI is InChI=1S/C13H19ClN2O2/c1-13(2,3)18-12(17)16-11-7-9(8-15-4)5-6-10(11)14/h5-7,15H,8H2,1-4H3,(H,16,17). The van der Waals surface area contributed by atoms with Gasteiger partial charge in [-0.05, 0) is 45.5 Å². The Morgan fingerprint density at radius 3 is 2.61 bits per heavy atom. The van der Waals surface area contributed by atoms with Crippen LogP contribution in [0.1, 0.15) is 26.3 Å². The third-order valence-electron chi connectivity index (χ3n) is 2.05. The lowest BCUT2D eigenvalue weighted by Crippen LogP contribution is -2.27. The molecule has 100 valence electrons. The van der Waals surface area contributed by atoms with Crippen LogP contribution in [0, 0.1) is 0 Å². The maximum absolute atomic E-state index is 11.6. The number of nitrogens with one attached hydrogen (secondary N) is 2. The Bertz CT molecular complexity index is 427. The van der Waals surface area contributed by atoms with Crippen LogP contribution in [0.4, 0.5) is 10.5 Å². The fraction of sp³-hybridized carbons (Fsp3) is 0.462. The van der Waals surface area contributed by atoms with Crippen molar-refractivity contribution in [1.82, 2.24) is 5.32 Å². The summed E-state index contributed by atoms with van der Waals surface area (Å²) in [5.41, 5.74) is 1.06. The van der Waals surface area contributed by atoms with Crippen LogP contribution in [0.5, 0.6) is 0 Å². The molecule has 0 heterocycles. The van der Waals surface area contributed by atoms with Gasteiger partial charge in [-0.25, -0.2) is 4.79 Å². The van der Waals surface area contributed by atoms with E-state index in [1.165, 1.54) is 0 Å². The van der Waals surface area contributed by atoms with Gasteiger partial charge in [0.1, 0.15) is 5.60 Å². The second kappa shape index (κ2) is 6.07. The lowest BCUT2D eigenvalue weighted by Gasteiger charge is -2.20. The topological polar surface area (TPSA) is 50.4 Å². The van der Waals surface area contributed by atoms with E-state index in [9.17, 15) is 4.79 Å². The Balaban J connectivity index is 2.77. The molecule has 1 rings (SSSR count). The van der Waals surface area contributed by atoms with Crippen molar-refractivity contribution in [3.8, 4) is 0 Å². The van der Waals surface area contributed by atoms with Crippen molar-refractivity contribution in [2.75, 3.05) is 12.4 Å². The van der Waals surface area contributed by atoms with E-state index in [0.717, 1.165) is 5.56 Å². The molecular weight excluding hydrogens is 252 g/mol. The summed E-state index contributed by atoms with van der Waals surface area (Å²) >= 11 is 6.02. The summed E-state index contributed by atoms with van der Waals surface area (Å²) in [6.45, 7) is 6.14. The zero-order chi connectivity index (χ0) is 13.8. The number of benzene rings is 1. The maximum Gasteiger partial charge on any atom is 0.412 e. The van der Waals surface area contributed by atoms with Crippen LogP contribution in [-0.2, 0) is 11.3 Å². The van der Waals surface area contributed by atoms with Gasteiger partial charge in [0, 0.05) is 6.54 Å². The van der Waals surface area contributed by atoms with Gasteiger partial charge in [0.25, 0.3) is 0 Å². The smallest absolute Gasteiger partial charge is 0.412 e. The van der Waals surface area contributed by atoms with Crippen LogP contribution in [0.15, 0.2) is 18.2 Å². The number of anilines is 1. The normalized spacial score (nSPS) is 11.2. The monoisotopic (exact) mass is 270 g/mol. The Kier molecular flexibility index (Phi) is 4.99. The van der Waals surface area contributed by atoms with Crippen LogP contribution in [0.2, 0.25) is 5.02 Å². The molecular formula is C13H19ClN2O2. The van der Waals surface area contributed by atoms with Crippen LogP contribution in [0.3, 0.4) is 0 Å². The quantitative estimate of drug-likeness (QED) is 0.885. The lowest BCUT2D eigenvalue weighted by atomic mass is 10.2. The predicted molar refractivity (Wildman–Crippen MR) is 74.1 cm³/mol. The lowest BCUT2D eigenvalue weighted by molar-refractivity contribution is 0.0636. The van der Waals surface area contributed by atoms with Gasteiger partial charge >= 0.3 is 6.09 Å². The molecule has 0 aliphatic heterocycles. The van der Waals surface area contributed by atoms with E-state index in [-0.39, 0.29) is 0 Å². The molecule has 0 spiro atoms. The molecule has 0 unspecified atom stereocenters. The van der Waals surface area contributed by atoms with Crippen molar-refractivity contribution in [3.05, 3.63) is 28.8 Å². The van der Waals surface area contributed by atoms with Crippen LogP contribution in [-0.4, -0.2) is 18.7 Å². The molecule has 0 saturated heterocycles. The number of hydrogen-bond donors (Lipinski definition) is 2. The summed E-state index contributed by atoms with van der Waals surface area (Å²) in [5.74, 6) is 0. The molecule has 4 nitrogen and oxygen atoms in total. The maximum atomic E-state index is 11.6. The van der Waals surface area contributed by atoms with Crippen molar-refractivity contribution < 1.29 is 9.53 Å². The highest BCUT2D eigenvalue weighted by atomic mass is 35.5. The van der Waals surface area contributed by atoms with Gasteiger partial charge in [0.2, 0.25) is 0 Å². The Hall–Kier alpha value is -1.26. The molecule has 1 aromatic carbocycles. The zero-order valence-corrected chi connectivity index (χ0v) is 11.9. The molecule has 0 atom stereocenters. The Labute approximate surface area is 113 Å². The molecule has 1 amide bonds. The third-order valence-corrected chi connectivity index (χ3v) is 2.38. The summed E-state index contributed by atoms with van der Waals surface area (Å²) in [5, 5.41) is 6.17. The number of carbonyl (C=O) groups is 1. The van der Waals surface area contributed by atoms with Gasteiger partial charge in [-0.1, -0.05) is 17.7 Å². The number of carbonyl (C=O) groups excluding carboxylic acids is 1. The zero-order valence-electron chi connectivity index (χ0n) is 11.1. The molecule has 5 heteroatoms. The molecule has 18 heavy (non-hydrogen) atoms. The first-order valence-electron chi connectivity index (χ1n) is 5.75. The molecule has 0 fully saturated rings. The minimum absolute atomic E-state index is 0.487. The second-order valence-electron chi connectivity index (χ2n) is 4.97. The van der Waals surface area contributed by atoms with Crippen molar-refractivity contribution in [1.29, 1.82) is 0 Å². The summed E-state index contributed by atoms with van der Waals surface area (Å²) in [4.78, 5) is 11.6. The molecule has 0 aliphatic carbocycles. The summed E-state index contributed by atoms with van der Waals surface area (Å²) < 4.78 is 5.17. The third kappa shape index (κ3) is 4.94. The van der Waals surface area contributed by atoms with Gasteiger partial charge in [0.05, 0.1) is 10.7 Å². The SMILES string of the molecule is CNCc1ccc(Cl)c(NC(=O)OC(C)(C)C)c1. The highest BCUT2D eigenvalue weighted by Gasteiger charge is 2.17. The molecule has 0 aromatic heterocycles. The van der Waals surface area contributed by atoms with E-state index >= 15 is 0 Å². The van der Waals surface area contributed by atoms with E-state index in [1.807, 2.05) is 40.0 Å². The molecule has 2 N–H and O–H groups in total. The van der Waals surface area contributed by atoms with Gasteiger partial charge in [-0.2, -0.15) is 0 Å². The number of amides is 1. The molecule has 0 aliphatic rings. The average Bonchev–Trinajstić information content (AvgIpc) is 2.20.